The van der Waals surface area contributed by atoms with Gasteiger partial charge in [-0.3, -0.25) is 4.79 Å². The monoisotopic (exact) mass is 392 g/mol. The Bertz CT molecular complexity index is 592. The van der Waals surface area contributed by atoms with E-state index in [2.05, 4.69) is 31.9 Å². The van der Waals surface area contributed by atoms with Gasteiger partial charge in [-0.1, -0.05) is 17.7 Å². The number of ketones is 1. The molecule has 2 rings (SSSR count). The molecular weight excluding hydrogens is 387 g/mol. The van der Waals surface area contributed by atoms with Gasteiger partial charge in [0.15, 0.2) is 0 Å². The van der Waals surface area contributed by atoms with Gasteiger partial charge >= 0.3 is 0 Å². The van der Waals surface area contributed by atoms with Gasteiger partial charge in [0.1, 0.15) is 0 Å². The average Bonchev–Trinajstić information content (AvgIpc) is 2.61. The summed E-state index contributed by atoms with van der Waals surface area (Å²) in [5.74, 6) is -0.0544. The van der Waals surface area contributed by atoms with Crippen LogP contribution < -0.4 is 0 Å². The van der Waals surface area contributed by atoms with Crippen molar-refractivity contribution in [2.75, 3.05) is 0 Å². The third-order valence-corrected chi connectivity index (χ3v) is 5.45. The topological polar surface area (TPSA) is 17.1 Å². The minimum atomic E-state index is -0.0544. The number of benzene rings is 1. The Morgan fingerprint density at radius 1 is 1.29 bits per heavy atom. The standard InChI is InChI=1S/C12H7Br2ClOS/c1-6-5-9(14)12(17-6)11(16)7-3-2-4-8(13)10(7)15/h2-5H,1H3. The first-order valence-corrected chi connectivity index (χ1v) is 7.53. The minimum absolute atomic E-state index is 0.0544. The highest BCUT2D eigenvalue weighted by atomic mass is 79.9. The van der Waals surface area contributed by atoms with Gasteiger partial charge < -0.3 is 0 Å². The van der Waals surface area contributed by atoms with Crippen LogP contribution >= 0.6 is 54.8 Å². The van der Waals surface area contributed by atoms with Crippen LogP contribution in [0.4, 0.5) is 0 Å². The van der Waals surface area contributed by atoms with Crippen molar-refractivity contribution in [3.8, 4) is 0 Å². The fourth-order valence-corrected chi connectivity index (χ4v) is 3.79. The SMILES string of the molecule is Cc1cc(Br)c(C(=O)c2cccc(Br)c2Cl)s1. The fraction of sp³-hybridized carbons (Fsp3) is 0.0833. The predicted octanol–water partition coefficient (Wildman–Crippen LogP) is 5.47. The van der Waals surface area contributed by atoms with Crippen molar-refractivity contribution in [1.29, 1.82) is 0 Å². The normalized spacial score (nSPS) is 10.6. The molecule has 1 aromatic carbocycles. The molecule has 17 heavy (non-hydrogen) atoms. The molecule has 0 saturated carbocycles. The Morgan fingerprint density at radius 2 is 2.00 bits per heavy atom. The molecule has 0 unspecified atom stereocenters. The molecule has 0 fully saturated rings. The molecule has 0 spiro atoms. The van der Waals surface area contributed by atoms with E-state index in [1.807, 2.05) is 19.1 Å². The summed E-state index contributed by atoms with van der Waals surface area (Å²) in [4.78, 5) is 14.1. The van der Waals surface area contributed by atoms with E-state index >= 15 is 0 Å². The molecule has 88 valence electrons. The van der Waals surface area contributed by atoms with Crippen molar-refractivity contribution >= 4 is 60.6 Å². The van der Waals surface area contributed by atoms with E-state index in [4.69, 9.17) is 11.6 Å². The summed E-state index contributed by atoms with van der Waals surface area (Å²) >= 11 is 14.3. The van der Waals surface area contributed by atoms with Gasteiger partial charge in [-0.2, -0.15) is 0 Å². The maximum atomic E-state index is 12.3. The second-order valence-corrected chi connectivity index (χ2v) is 6.81. The van der Waals surface area contributed by atoms with E-state index in [1.165, 1.54) is 11.3 Å². The van der Waals surface area contributed by atoms with Gasteiger partial charge in [-0.15, -0.1) is 11.3 Å². The van der Waals surface area contributed by atoms with Crippen LogP contribution in [0.15, 0.2) is 33.2 Å². The first-order valence-electron chi connectivity index (χ1n) is 4.75. The lowest BCUT2D eigenvalue weighted by Crippen LogP contribution is -2.00. The Kier molecular flexibility index (Phi) is 4.08. The molecule has 0 aliphatic rings. The van der Waals surface area contributed by atoms with Crippen LogP contribution in [0.3, 0.4) is 0 Å². The molecule has 0 aliphatic heterocycles. The summed E-state index contributed by atoms with van der Waals surface area (Å²) in [7, 11) is 0. The molecule has 2 aromatic rings. The van der Waals surface area contributed by atoms with E-state index in [0.29, 0.717) is 15.5 Å². The van der Waals surface area contributed by atoms with Crippen molar-refractivity contribution < 1.29 is 4.79 Å². The van der Waals surface area contributed by atoms with E-state index in [1.54, 1.807) is 12.1 Å². The Morgan fingerprint density at radius 3 is 2.59 bits per heavy atom. The second-order valence-electron chi connectivity index (χ2n) is 3.46. The molecule has 0 atom stereocenters. The van der Waals surface area contributed by atoms with Gasteiger partial charge in [0.05, 0.1) is 9.90 Å². The van der Waals surface area contributed by atoms with E-state index < -0.39 is 0 Å². The van der Waals surface area contributed by atoms with Crippen molar-refractivity contribution in [3.05, 3.63) is 53.6 Å². The number of thiophene rings is 1. The van der Waals surface area contributed by atoms with Crippen LogP contribution in [0.2, 0.25) is 5.02 Å². The Labute approximate surface area is 125 Å². The van der Waals surface area contributed by atoms with Gasteiger partial charge in [-0.25, -0.2) is 0 Å². The summed E-state index contributed by atoms with van der Waals surface area (Å²) in [5, 5.41) is 0.454. The molecule has 1 nitrogen and oxygen atoms in total. The first kappa shape index (κ1) is 13.3. The highest BCUT2D eigenvalue weighted by Gasteiger charge is 2.18. The van der Waals surface area contributed by atoms with Crippen molar-refractivity contribution in [2.45, 2.75) is 6.92 Å². The zero-order valence-corrected chi connectivity index (χ0v) is 13.5. The van der Waals surface area contributed by atoms with Crippen LogP contribution in [0, 0.1) is 6.92 Å². The summed E-state index contributed by atoms with van der Waals surface area (Å²) in [5.41, 5.74) is 0.517. The Balaban J connectivity index is 2.51. The van der Waals surface area contributed by atoms with Crippen molar-refractivity contribution in [2.24, 2.45) is 0 Å². The third kappa shape index (κ3) is 2.65. The Hall–Kier alpha value is -0.160. The molecule has 1 aromatic heterocycles. The smallest absolute Gasteiger partial charge is 0.205 e. The summed E-state index contributed by atoms with van der Waals surface area (Å²) in [6.45, 7) is 1.97. The van der Waals surface area contributed by atoms with Crippen LogP contribution in [-0.2, 0) is 0 Å². The quantitative estimate of drug-likeness (QED) is 0.618. The van der Waals surface area contributed by atoms with Gasteiger partial charge in [0.2, 0.25) is 5.78 Å². The number of carbonyl (C=O) groups excluding carboxylic acids is 1. The van der Waals surface area contributed by atoms with Crippen molar-refractivity contribution in [1.82, 2.24) is 0 Å². The molecular formula is C12H7Br2ClOS. The average molecular weight is 395 g/mol. The highest BCUT2D eigenvalue weighted by molar-refractivity contribution is 9.11. The van der Waals surface area contributed by atoms with Crippen LogP contribution in [0.5, 0.6) is 0 Å². The second kappa shape index (κ2) is 5.22. The predicted molar refractivity (Wildman–Crippen MR) is 79.3 cm³/mol. The number of hydrogen-bond acceptors (Lipinski definition) is 2. The molecule has 0 N–H and O–H groups in total. The number of carbonyl (C=O) groups is 1. The molecule has 0 bridgehead atoms. The molecule has 5 heteroatoms. The molecule has 0 radical (unpaired) electrons. The minimum Gasteiger partial charge on any atom is -0.288 e. The largest absolute Gasteiger partial charge is 0.288 e. The third-order valence-electron chi connectivity index (χ3n) is 2.21. The number of hydrogen-bond donors (Lipinski definition) is 0. The zero-order valence-electron chi connectivity index (χ0n) is 8.76. The van der Waals surface area contributed by atoms with Gasteiger partial charge in [-0.05, 0) is 57.0 Å². The summed E-state index contributed by atoms with van der Waals surface area (Å²) in [6, 6.07) is 7.28. The van der Waals surface area contributed by atoms with Gasteiger partial charge in [0, 0.05) is 19.4 Å². The number of rotatable bonds is 2. The first-order chi connectivity index (χ1) is 8.00. The zero-order chi connectivity index (χ0) is 12.6. The lowest BCUT2D eigenvalue weighted by Gasteiger charge is -2.03. The van der Waals surface area contributed by atoms with Crippen LogP contribution in [0.25, 0.3) is 0 Å². The molecule has 1 heterocycles. The lowest BCUT2D eigenvalue weighted by molar-refractivity contribution is 0.104. The van der Waals surface area contributed by atoms with Gasteiger partial charge in [0.25, 0.3) is 0 Å². The van der Waals surface area contributed by atoms with E-state index in [9.17, 15) is 4.79 Å². The number of aryl methyl sites for hydroxylation is 1. The van der Waals surface area contributed by atoms with E-state index in [0.717, 1.165) is 13.8 Å². The lowest BCUT2D eigenvalue weighted by atomic mass is 10.1. The van der Waals surface area contributed by atoms with Crippen molar-refractivity contribution in [3.63, 3.8) is 0 Å². The maximum absolute atomic E-state index is 12.3. The summed E-state index contributed by atoms with van der Waals surface area (Å²) < 4.78 is 1.55. The number of halogens is 3. The molecule has 0 saturated heterocycles. The molecule has 0 amide bonds. The van der Waals surface area contributed by atoms with Crippen LogP contribution in [-0.4, -0.2) is 5.78 Å². The maximum Gasteiger partial charge on any atom is 0.205 e. The van der Waals surface area contributed by atoms with Crippen LogP contribution in [0.1, 0.15) is 20.1 Å². The molecule has 0 aliphatic carbocycles. The fourth-order valence-electron chi connectivity index (χ4n) is 1.44. The highest BCUT2D eigenvalue weighted by Crippen LogP contribution is 2.33. The van der Waals surface area contributed by atoms with E-state index in [-0.39, 0.29) is 5.78 Å². The summed E-state index contributed by atoms with van der Waals surface area (Å²) in [6.07, 6.45) is 0.